The van der Waals surface area contributed by atoms with Crippen molar-refractivity contribution in [1.82, 2.24) is 15.1 Å². The average Bonchev–Trinajstić information content (AvgIpc) is 2.60. The van der Waals surface area contributed by atoms with Gasteiger partial charge in [-0.1, -0.05) is 0 Å². The van der Waals surface area contributed by atoms with Crippen molar-refractivity contribution in [2.75, 3.05) is 51.7 Å². The van der Waals surface area contributed by atoms with Gasteiger partial charge in [0, 0.05) is 52.4 Å². The van der Waals surface area contributed by atoms with E-state index in [4.69, 9.17) is 0 Å². The number of anilines is 1. The number of hydrogen-bond acceptors (Lipinski definition) is 3. The summed E-state index contributed by atoms with van der Waals surface area (Å²) in [6.07, 6.45) is 0. The van der Waals surface area contributed by atoms with Gasteiger partial charge in [0.1, 0.15) is 18.2 Å². The second-order valence-corrected chi connectivity index (χ2v) is 6.80. The predicted molar refractivity (Wildman–Crippen MR) is 99.4 cm³/mol. The Bertz CT molecular complexity index is 655. The first-order valence-corrected chi connectivity index (χ1v) is 8.74. The third kappa shape index (κ3) is 5.31. The second-order valence-electron chi connectivity index (χ2n) is 6.80. The average molecular weight is 367 g/mol. The van der Waals surface area contributed by atoms with E-state index in [2.05, 4.69) is 10.3 Å². The van der Waals surface area contributed by atoms with Gasteiger partial charge in [-0.3, -0.25) is 4.79 Å². The topological polar surface area (TPSA) is 51.2 Å². The van der Waals surface area contributed by atoms with E-state index in [9.17, 15) is 13.6 Å². The van der Waals surface area contributed by atoms with Crippen LogP contribution in [0.25, 0.3) is 0 Å². The number of hydrogen-bond donors (Lipinski definition) is 1. The Kier molecular flexibility index (Phi) is 6.76. The van der Waals surface area contributed by atoms with E-state index >= 15 is 0 Å². The molecule has 1 aliphatic heterocycles. The maximum absolute atomic E-state index is 14.0. The molecule has 0 unspecified atom stereocenters. The Hall–Kier alpha value is -2.38. The molecule has 0 saturated carbocycles. The Morgan fingerprint density at radius 1 is 1.23 bits per heavy atom. The number of carbonyl (C=O) groups excluding carboxylic acids is 1. The lowest BCUT2D eigenvalue weighted by Gasteiger charge is -2.38. The van der Waals surface area contributed by atoms with Crippen LogP contribution in [-0.2, 0) is 4.79 Å². The first-order chi connectivity index (χ1) is 12.3. The van der Waals surface area contributed by atoms with Crippen LogP contribution in [0.4, 0.5) is 14.5 Å². The van der Waals surface area contributed by atoms with Gasteiger partial charge in [0.15, 0.2) is 5.96 Å². The molecule has 1 aromatic carbocycles. The van der Waals surface area contributed by atoms with Crippen LogP contribution in [0, 0.1) is 11.6 Å². The van der Waals surface area contributed by atoms with Gasteiger partial charge in [0.2, 0.25) is 5.91 Å². The smallest absolute Gasteiger partial charge is 0.243 e. The van der Waals surface area contributed by atoms with Gasteiger partial charge in [-0.2, -0.15) is 0 Å². The highest BCUT2D eigenvalue weighted by Crippen LogP contribution is 2.21. The van der Waals surface area contributed by atoms with E-state index in [0.29, 0.717) is 32.1 Å². The Labute approximate surface area is 153 Å². The molecule has 1 N–H and O–H groups in total. The van der Waals surface area contributed by atoms with Gasteiger partial charge in [0.25, 0.3) is 0 Å². The monoisotopic (exact) mass is 367 g/mol. The molecule has 0 spiro atoms. The summed E-state index contributed by atoms with van der Waals surface area (Å²) in [7, 11) is 3.39. The molecule has 0 radical (unpaired) electrons. The Balaban J connectivity index is 2.05. The number of nitrogens with zero attached hydrogens (tertiary/aromatic N) is 4. The number of likely N-dealkylation sites (N-methyl/N-ethyl adjacent to an activating group) is 1. The maximum atomic E-state index is 14.0. The van der Waals surface area contributed by atoms with E-state index in [1.807, 2.05) is 23.6 Å². The number of nitrogens with one attached hydrogen (secondary N) is 1. The lowest BCUT2D eigenvalue weighted by molar-refractivity contribution is -0.127. The van der Waals surface area contributed by atoms with Crippen LogP contribution in [0.5, 0.6) is 0 Å². The zero-order valence-electron chi connectivity index (χ0n) is 15.8. The summed E-state index contributed by atoms with van der Waals surface area (Å²) >= 11 is 0. The molecule has 26 heavy (non-hydrogen) atoms. The fraction of sp³-hybridized carbons (Fsp3) is 0.556. The number of aliphatic imine (C=N–C) groups is 1. The molecule has 1 aliphatic rings. The van der Waals surface area contributed by atoms with Crippen LogP contribution in [-0.4, -0.2) is 74.5 Å². The zero-order chi connectivity index (χ0) is 19.3. The lowest BCUT2D eigenvalue weighted by atomic mass is 10.2. The van der Waals surface area contributed by atoms with E-state index in [-0.39, 0.29) is 24.2 Å². The first-order valence-electron chi connectivity index (χ1n) is 8.74. The van der Waals surface area contributed by atoms with E-state index in [0.717, 1.165) is 12.1 Å². The fourth-order valence-electron chi connectivity index (χ4n) is 2.67. The molecule has 2 rings (SSSR count). The third-order valence-corrected chi connectivity index (χ3v) is 4.11. The summed E-state index contributed by atoms with van der Waals surface area (Å²) in [4.78, 5) is 21.6. The molecule has 0 aromatic heterocycles. The normalized spacial score (nSPS) is 15.4. The molecule has 0 atom stereocenters. The summed E-state index contributed by atoms with van der Waals surface area (Å²) in [5.74, 6) is -0.288. The van der Waals surface area contributed by atoms with Gasteiger partial charge in [-0.15, -0.1) is 0 Å². The maximum Gasteiger partial charge on any atom is 0.243 e. The molecule has 0 aliphatic carbocycles. The minimum atomic E-state index is -0.449. The second kappa shape index (κ2) is 8.82. The van der Waals surface area contributed by atoms with Gasteiger partial charge in [0.05, 0.1) is 5.69 Å². The Morgan fingerprint density at radius 2 is 1.88 bits per heavy atom. The number of halogens is 2. The number of rotatable bonds is 4. The quantitative estimate of drug-likeness (QED) is 0.648. The van der Waals surface area contributed by atoms with Crippen LogP contribution in [0.2, 0.25) is 0 Å². The van der Waals surface area contributed by atoms with Gasteiger partial charge in [-0.25, -0.2) is 13.8 Å². The number of amides is 1. The molecule has 1 amide bonds. The van der Waals surface area contributed by atoms with Crippen molar-refractivity contribution in [2.45, 2.75) is 19.9 Å². The van der Waals surface area contributed by atoms with E-state index in [1.165, 1.54) is 11.0 Å². The summed E-state index contributed by atoms with van der Waals surface area (Å²) in [5.41, 5.74) is 0.280. The molecular formula is C18H27F2N5O. The molecule has 1 fully saturated rings. The molecule has 0 bridgehead atoms. The van der Waals surface area contributed by atoms with Crippen LogP contribution in [0.15, 0.2) is 23.2 Å². The Morgan fingerprint density at radius 3 is 2.46 bits per heavy atom. The highest BCUT2D eigenvalue weighted by atomic mass is 19.1. The van der Waals surface area contributed by atoms with E-state index < -0.39 is 11.6 Å². The predicted octanol–water partition coefficient (Wildman–Crippen LogP) is 1.53. The van der Waals surface area contributed by atoms with Crippen LogP contribution < -0.4 is 10.2 Å². The fourth-order valence-corrected chi connectivity index (χ4v) is 2.67. The molecule has 144 valence electrons. The van der Waals surface area contributed by atoms with Crippen molar-refractivity contribution in [2.24, 2.45) is 4.99 Å². The summed E-state index contributed by atoms with van der Waals surface area (Å²) < 4.78 is 27.4. The zero-order valence-corrected chi connectivity index (χ0v) is 15.8. The van der Waals surface area contributed by atoms with Crippen molar-refractivity contribution in [1.29, 1.82) is 0 Å². The summed E-state index contributed by atoms with van der Waals surface area (Å²) in [6.45, 7) is 6.36. The van der Waals surface area contributed by atoms with Gasteiger partial charge >= 0.3 is 0 Å². The molecule has 6 nitrogen and oxygen atoms in total. The highest BCUT2D eigenvalue weighted by Gasteiger charge is 2.22. The number of piperazine rings is 1. The van der Waals surface area contributed by atoms with Gasteiger partial charge < -0.3 is 20.0 Å². The lowest BCUT2D eigenvalue weighted by Crippen LogP contribution is -2.54. The van der Waals surface area contributed by atoms with Crippen molar-refractivity contribution in [3.63, 3.8) is 0 Å². The molecule has 1 aromatic rings. The largest absolute Gasteiger partial charge is 0.366 e. The SMILES string of the molecule is CC(C)NC(=NCC(=O)N(C)C)N1CCN(c2cc(F)ccc2F)CC1. The van der Waals surface area contributed by atoms with Crippen molar-refractivity contribution >= 4 is 17.6 Å². The van der Waals surface area contributed by atoms with Crippen LogP contribution in [0.1, 0.15) is 13.8 Å². The van der Waals surface area contributed by atoms with Crippen LogP contribution in [0.3, 0.4) is 0 Å². The number of carbonyl (C=O) groups is 1. The minimum absolute atomic E-state index is 0.0702. The van der Waals surface area contributed by atoms with Crippen molar-refractivity contribution in [3.05, 3.63) is 29.8 Å². The number of benzene rings is 1. The van der Waals surface area contributed by atoms with Gasteiger partial charge in [-0.05, 0) is 26.0 Å². The minimum Gasteiger partial charge on any atom is -0.366 e. The molecule has 1 heterocycles. The van der Waals surface area contributed by atoms with Crippen LogP contribution >= 0.6 is 0 Å². The third-order valence-electron chi connectivity index (χ3n) is 4.11. The standard InChI is InChI=1S/C18H27F2N5O/c1-13(2)22-18(21-12-17(26)23(3)4)25-9-7-24(8-10-25)16-11-14(19)5-6-15(16)20/h5-6,11,13H,7-10,12H2,1-4H3,(H,21,22). The first kappa shape index (κ1) is 19.9. The molecular weight excluding hydrogens is 340 g/mol. The highest BCUT2D eigenvalue weighted by molar-refractivity contribution is 5.85. The summed E-state index contributed by atoms with van der Waals surface area (Å²) in [5, 5.41) is 3.27. The van der Waals surface area contributed by atoms with E-state index in [1.54, 1.807) is 14.1 Å². The summed E-state index contributed by atoms with van der Waals surface area (Å²) in [6, 6.07) is 3.66. The number of guanidine groups is 1. The van der Waals surface area contributed by atoms with Crippen molar-refractivity contribution in [3.8, 4) is 0 Å². The van der Waals surface area contributed by atoms with Crippen molar-refractivity contribution < 1.29 is 13.6 Å². The molecule has 8 heteroatoms. The molecule has 1 saturated heterocycles.